The van der Waals surface area contributed by atoms with Crippen molar-refractivity contribution in [1.29, 1.82) is 0 Å². The van der Waals surface area contributed by atoms with Gasteiger partial charge >= 0.3 is 0 Å². The second-order valence-electron chi connectivity index (χ2n) is 7.70. The molecular formula is C23H22N4OS. The molecule has 0 saturated heterocycles. The lowest BCUT2D eigenvalue weighted by atomic mass is 9.92. The number of thiazole rings is 1. The van der Waals surface area contributed by atoms with Crippen LogP contribution in [0.25, 0.3) is 15.3 Å². The van der Waals surface area contributed by atoms with Crippen LogP contribution in [0, 0.1) is 13.8 Å². The zero-order valence-corrected chi connectivity index (χ0v) is 17.3. The van der Waals surface area contributed by atoms with Gasteiger partial charge in [0.05, 0.1) is 15.9 Å². The molecule has 0 radical (unpaired) electrons. The van der Waals surface area contributed by atoms with Crippen LogP contribution in [0.2, 0.25) is 0 Å². The zero-order valence-electron chi connectivity index (χ0n) is 16.5. The van der Waals surface area contributed by atoms with Gasteiger partial charge in [0.25, 0.3) is 5.91 Å². The maximum Gasteiger partial charge on any atom is 0.256 e. The Balaban J connectivity index is 1.51. The lowest BCUT2D eigenvalue weighted by Crippen LogP contribution is -2.15. The van der Waals surface area contributed by atoms with Gasteiger partial charge in [0, 0.05) is 11.6 Å². The van der Waals surface area contributed by atoms with Crippen LogP contribution in [0.1, 0.15) is 45.6 Å². The van der Waals surface area contributed by atoms with Crippen molar-refractivity contribution in [3.05, 3.63) is 70.4 Å². The van der Waals surface area contributed by atoms with Crippen molar-refractivity contribution in [2.24, 2.45) is 0 Å². The Labute approximate surface area is 173 Å². The zero-order chi connectivity index (χ0) is 20.0. The predicted molar refractivity (Wildman–Crippen MR) is 117 cm³/mol. The van der Waals surface area contributed by atoms with Gasteiger partial charge < -0.3 is 5.32 Å². The quantitative estimate of drug-likeness (QED) is 0.510. The number of hydrogen-bond acceptors (Lipinski definition) is 4. The van der Waals surface area contributed by atoms with E-state index in [2.05, 4.69) is 22.5 Å². The molecule has 146 valence electrons. The number of rotatable bonds is 3. The van der Waals surface area contributed by atoms with Gasteiger partial charge in [-0.25, -0.2) is 4.98 Å². The van der Waals surface area contributed by atoms with Gasteiger partial charge in [-0.2, -0.15) is 9.78 Å². The molecule has 0 spiro atoms. The molecule has 0 aliphatic heterocycles. The Hall–Kier alpha value is -2.99. The first kappa shape index (κ1) is 18.1. The van der Waals surface area contributed by atoms with E-state index in [1.807, 2.05) is 44.2 Å². The summed E-state index contributed by atoms with van der Waals surface area (Å²) in [6.07, 6.45) is 4.80. The van der Waals surface area contributed by atoms with Crippen LogP contribution >= 0.6 is 11.3 Å². The van der Waals surface area contributed by atoms with Gasteiger partial charge in [0.15, 0.2) is 0 Å². The molecule has 5 nitrogen and oxygen atoms in total. The standard InChI is InChI=1S/C23H22N4OS/c1-14-6-5-9-18(10-14)22(28)25-21-11-15(2)26-27(21)23-24-19-12-16-7-3-4-8-17(16)13-20(19)29-23/h5-6,9-13H,3-4,7-8H2,1-2H3,(H,25,28). The molecule has 1 aliphatic rings. The summed E-state index contributed by atoms with van der Waals surface area (Å²) in [6, 6.07) is 14.0. The van der Waals surface area contributed by atoms with Crippen LogP contribution in [0.5, 0.6) is 0 Å². The lowest BCUT2D eigenvalue weighted by molar-refractivity contribution is 0.102. The molecule has 0 saturated carbocycles. The monoisotopic (exact) mass is 402 g/mol. The molecule has 0 fully saturated rings. The van der Waals surface area contributed by atoms with Crippen molar-refractivity contribution in [2.75, 3.05) is 5.32 Å². The molecule has 0 bridgehead atoms. The summed E-state index contributed by atoms with van der Waals surface area (Å²) >= 11 is 1.61. The number of carbonyl (C=O) groups is 1. The Kier molecular flexibility index (Phi) is 4.43. The highest BCUT2D eigenvalue weighted by Gasteiger charge is 2.17. The highest BCUT2D eigenvalue weighted by molar-refractivity contribution is 7.20. The molecule has 1 amide bonds. The number of nitrogens with one attached hydrogen (secondary N) is 1. The van der Waals surface area contributed by atoms with E-state index in [0.717, 1.165) is 34.7 Å². The van der Waals surface area contributed by atoms with Gasteiger partial charge in [-0.1, -0.05) is 29.0 Å². The summed E-state index contributed by atoms with van der Waals surface area (Å²) in [5.41, 5.74) is 6.40. The number of benzene rings is 2. The summed E-state index contributed by atoms with van der Waals surface area (Å²) in [5.74, 6) is 0.490. The maximum absolute atomic E-state index is 12.7. The van der Waals surface area contributed by atoms with E-state index < -0.39 is 0 Å². The highest BCUT2D eigenvalue weighted by atomic mass is 32.1. The van der Waals surface area contributed by atoms with E-state index in [0.29, 0.717) is 11.4 Å². The Bertz CT molecular complexity index is 1190. The van der Waals surface area contributed by atoms with Crippen LogP contribution < -0.4 is 5.32 Å². The van der Waals surface area contributed by atoms with Crippen LogP contribution in [0.15, 0.2) is 42.5 Å². The van der Waals surface area contributed by atoms with Crippen molar-refractivity contribution >= 4 is 33.3 Å². The number of aryl methyl sites for hydroxylation is 4. The minimum Gasteiger partial charge on any atom is -0.306 e. The molecule has 0 unspecified atom stereocenters. The van der Waals surface area contributed by atoms with E-state index in [1.54, 1.807) is 16.0 Å². The summed E-state index contributed by atoms with van der Waals surface area (Å²) in [7, 11) is 0. The average molecular weight is 403 g/mol. The summed E-state index contributed by atoms with van der Waals surface area (Å²) in [4.78, 5) is 17.6. The van der Waals surface area contributed by atoms with Gasteiger partial charge in [-0.3, -0.25) is 4.79 Å². The molecule has 1 N–H and O–H groups in total. The number of carbonyl (C=O) groups excluding carboxylic acids is 1. The highest BCUT2D eigenvalue weighted by Crippen LogP contribution is 2.32. The van der Waals surface area contributed by atoms with E-state index in [9.17, 15) is 4.79 Å². The third kappa shape index (κ3) is 3.44. The van der Waals surface area contributed by atoms with Gasteiger partial charge in [0.2, 0.25) is 5.13 Å². The Morgan fingerprint density at radius 3 is 2.66 bits per heavy atom. The molecule has 4 aromatic rings. The normalized spacial score (nSPS) is 13.4. The number of nitrogens with zero attached hydrogens (tertiary/aromatic N) is 3. The van der Waals surface area contributed by atoms with Crippen molar-refractivity contribution in [3.8, 4) is 5.13 Å². The summed E-state index contributed by atoms with van der Waals surface area (Å²) in [6.45, 7) is 3.90. The first-order chi connectivity index (χ1) is 14.1. The third-order valence-corrected chi connectivity index (χ3v) is 6.37. The number of amides is 1. The fourth-order valence-electron chi connectivity index (χ4n) is 3.94. The van der Waals surface area contributed by atoms with E-state index in [1.165, 1.54) is 28.7 Å². The molecule has 5 rings (SSSR count). The molecule has 2 heterocycles. The largest absolute Gasteiger partial charge is 0.306 e. The minimum absolute atomic E-state index is 0.147. The van der Waals surface area contributed by atoms with Crippen LogP contribution in [-0.2, 0) is 12.8 Å². The number of aromatic nitrogens is 3. The lowest BCUT2D eigenvalue weighted by Gasteiger charge is -2.14. The van der Waals surface area contributed by atoms with Crippen molar-refractivity contribution < 1.29 is 4.79 Å². The third-order valence-electron chi connectivity index (χ3n) is 5.38. The smallest absolute Gasteiger partial charge is 0.256 e. The summed E-state index contributed by atoms with van der Waals surface area (Å²) < 4.78 is 2.91. The fourth-order valence-corrected chi connectivity index (χ4v) is 4.92. The fraction of sp³-hybridized carbons (Fsp3) is 0.261. The molecule has 2 aromatic carbocycles. The predicted octanol–water partition coefficient (Wildman–Crippen LogP) is 5.23. The number of anilines is 1. The van der Waals surface area contributed by atoms with Crippen molar-refractivity contribution in [3.63, 3.8) is 0 Å². The first-order valence-corrected chi connectivity index (χ1v) is 10.8. The van der Waals surface area contributed by atoms with Crippen LogP contribution in [0.3, 0.4) is 0 Å². The van der Waals surface area contributed by atoms with Gasteiger partial charge in [0.1, 0.15) is 5.82 Å². The maximum atomic E-state index is 12.7. The van der Waals surface area contributed by atoms with E-state index >= 15 is 0 Å². The number of fused-ring (bicyclic) bond motifs is 2. The van der Waals surface area contributed by atoms with E-state index in [-0.39, 0.29) is 5.91 Å². The molecule has 6 heteroatoms. The SMILES string of the molecule is Cc1cccc(C(=O)Nc2cc(C)nn2-c2nc3cc4c(cc3s2)CCCC4)c1. The first-order valence-electron chi connectivity index (χ1n) is 9.94. The van der Waals surface area contributed by atoms with Crippen LogP contribution in [0.4, 0.5) is 5.82 Å². The molecule has 0 atom stereocenters. The molecule has 29 heavy (non-hydrogen) atoms. The number of hydrogen-bond donors (Lipinski definition) is 1. The van der Waals surface area contributed by atoms with Gasteiger partial charge in [-0.15, -0.1) is 0 Å². The van der Waals surface area contributed by atoms with Gasteiger partial charge in [-0.05, 0) is 74.9 Å². The van der Waals surface area contributed by atoms with E-state index in [4.69, 9.17) is 4.98 Å². The molecule has 1 aliphatic carbocycles. The van der Waals surface area contributed by atoms with Crippen molar-refractivity contribution in [2.45, 2.75) is 39.5 Å². The Morgan fingerprint density at radius 2 is 1.86 bits per heavy atom. The van der Waals surface area contributed by atoms with Crippen LogP contribution in [-0.4, -0.2) is 20.7 Å². The minimum atomic E-state index is -0.147. The second-order valence-corrected chi connectivity index (χ2v) is 8.71. The van der Waals surface area contributed by atoms with Crippen molar-refractivity contribution in [1.82, 2.24) is 14.8 Å². The molecular weight excluding hydrogens is 380 g/mol. The second kappa shape index (κ2) is 7.12. The Morgan fingerprint density at radius 1 is 1.07 bits per heavy atom. The summed E-state index contributed by atoms with van der Waals surface area (Å²) in [5, 5.41) is 8.36. The molecule has 2 aromatic heterocycles. The topological polar surface area (TPSA) is 59.8 Å². The average Bonchev–Trinajstić information content (AvgIpc) is 3.28.